The lowest BCUT2D eigenvalue weighted by atomic mass is 9.70. The van der Waals surface area contributed by atoms with Crippen LogP contribution in [0.5, 0.6) is 0 Å². The van der Waals surface area contributed by atoms with Gasteiger partial charge in [-0.3, -0.25) is 0 Å². The van der Waals surface area contributed by atoms with E-state index in [1.54, 1.807) is 12.1 Å². The van der Waals surface area contributed by atoms with Gasteiger partial charge in [0.25, 0.3) is 0 Å². The predicted molar refractivity (Wildman–Crippen MR) is 97.7 cm³/mol. The lowest BCUT2D eigenvalue weighted by Crippen LogP contribution is -2.39. The molecule has 3 N–H and O–H groups in total. The monoisotopic (exact) mass is 409 g/mol. The number of carboxylic acid groups (broad SMARTS) is 1. The highest BCUT2D eigenvalue weighted by atomic mass is 79.9. The molecule has 0 aromatic heterocycles. The minimum atomic E-state index is -1.14. The Kier molecular flexibility index (Phi) is 4.36. The largest absolute Gasteiger partial charge is 0.478 e. The molecular weight excluding hydrogens is 394 g/mol. The topological polar surface area (TPSA) is 69.6 Å². The average Bonchev–Trinajstić information content (AvgIpc) is 2.50. The van der Waals surface area contributed by atoms with Crippen LogP contribution in [0.2, 0.25) is 5.02 Å². The number of carbonyl (C=O) groups is 1. The maximum absolute atomic E-state index is 11.6. The number of halogens is 2. The molecule has 126 valence electrons. The van der Waals surface area contributed by atoms with Gasteiger partial charge in [0.05, 0.1) is 22.7 Å². The minimum Gasteiger partial charge on any atom is -0.478 e. The Morgan fingerprint density at radius 1 is 1.29 bits per heavy atom. The van der Waals surface area contributed by atoms with Gasteiger partial charge in [0, 0.05) is 21.1 Å². The summed E-state index contributed by atoms with van der Waals surface area (Å²) in [5.41, 5.74) is 1.25. The second-order valence-electron chi connectivity index (χ2n) is 6.55. The van der Waals surface area contributed by atoms with Crippen molar-refractivity contribution in [1.29, 1.82) is 0 Å². The number of aliphatic hydroxyl groups excluding tert-OH is 1. The predicted octanol–water partition coefficient (Wildman–Crippen LogP) is 5.03. The Balaban J connectivity index is 2.18. The second-order valence-corrected chi connectivity index (χ2v) is 7.87. The maximum Gasteiger partial charge on any atom is 0.337 e. The molecule has 0 bridgehead atoms. The fourth-order valence-corrected chi connectivity index (χ4v) is 3.95. The molecule has 2 aromatic rings. The molecule has 2 unspecified atom stereocenters. The fourth-order valence-electron chi connectivity index (χ4n) is 3.29. The summed E-state index contributed by atoms with van der Waals surface area (Å²) in [4.78, 5) is 11.6. The molecule has 0 saturated carbocycles. The van der Waals surface area contributed by atoms with E-state index >= 15 is 0 Å². The summed E-state index contributed by atoms with van der Waals surface area (Å²) in [6.07, 6.45) is -0.970. The first-order valence-corrected chi connectivity index (χ1v) is 8.66. The van der Waals surface area contributed by atoms with Crippen LogP contribution in [0, 0.1) is 5.41 Å². The first-order valence-electron chi connectivity index (χ1n) is 7.49. The smallest absolute Gasteiger partial charge is 0.337 e. The highest BCUT2D eigenvalue weighted by Crippen LogP contribution is 2.53. The Bertz CT molecular complexity index is 822. The number of aromatic carboxylic acids is 1. The summed E-state index contributed by atoms with van der Waals surface area (Å²) < 4.78 is 0.945. The van der Waals surface area contributed by atoms with E-state index in [9.17, 15) is 15.0 Å². The zero-order chi connectivity index (χ0) is 17.6. The molecule has 0 spiro atoms. The maximum atomic E-state index is 11.6. The first kappa shape index (κ1) is 17.3. The number of hydrogen-bond donors (Lipinski definition) is 3. The molecule has 0 fully saturated rings. The number of benzene rings is 2. The zero-order valence-electron chi connectivity index (χ0n) is 13.2. The van der Waals surface area contributed by atoms with Crippen molar-refractivity contribution < 1.29 is 15.0 Å². The number of hydrogen-bond acceptors (Lipinski definition) is 3. The molecule has 3 rings (SSSR count). The zero-order valence-corrected chi connectivity index (χ0v) is 15.5. The van der Waals surface area contributed by atoms with Crippen LogP contribution in [0.3, 0.4) is 0 Å². The molecular formula is C18H17BrClNO3. The van der Waals surface area contributed by atoms with Gasteiger partial charge in [-0.15, -0.1) is 0 Å². The Hall–Kier alpha value is -1.56. The number of anilines is 1. The van der Waals surface area contributed by atoms with E-state index in [0.717, 1.165) is 10.0 Å². The van der Waals surface area contributed by atoms with Crippen LogP contribution in [0.1, 0.15) is 47.5 Å². The molecule has 1 aliphatic rings. The number of fused-ring (bicyclic) bond motifs is 1. The van der Waals surface area contributed by atoms with Gasteiger partial charge in [0.15, 0.2) is 0 Å². The van der Waals surface area contributed by atoms with Gasteiger partial charge >= 0.3 is 5.97 Å². The van der Waals surface area contributed by atoms with Crippen molar-refractivity contribution in [3.8, 4) is 0 Å². The van der Waals surface area contributed by atoms with E-state index in [1.807, 2.05) is 38.1 Å². The van der Waals surface area contributed by atoms with Gasteiger partial charge in [0.2, 0.25) is 0 Å². The number of nitrogens with one attached hydrogen (secondary N) is 1. The average molecular weight is 411 g/mol. The number of aliphatic hydroxyl groups is 1. The van der Waals surface area contributed by atoms with Crippen molar-refractivity contribution in [2.75, 3.05) is 5.32 Å². The third-order valence-electron chi connectivity index (χ3n) is 4.61. The van der Waals surface area contributed by atoms with E-state index in [1.165, 1.54) is 0 Å². The quantitative estimate of drug-likeness (QED) is 0.649. The lowest BCUT2D eigenvalue weighted by molar-refractivity contribution is 0.0272. The van der Waals surface area contributed by atoms with Crippen LogP contribution in [0.15, 0.2) is 40.9 Å². The summed E-state index contributed by atoms with van der Waals surface area (Å²) in [6, 6.07) is 10.9. The van der Waals surface area contributed by atoms with Gasteiger partial charge < -0.3 is 15.5 Å². The Labute approximate surface area is 153 Å². The SMILES string of the molecule is CC1(C)C(O)c2c(ccc(Cl)c2C(=O)O)NC1c1cccc(Br)c1. The van der Waals surface area contributed by atoms with Gasteiger partial charge in [-0.1, -0.05) is 53.5 Å². The highest BCUT2D eigenvalue weighted by Gasteiger charge is 2.45. The van der Waals surface area contributed by atoms with Gasteiger partial charge in [-0.2, -0.15) is 0 Å². The molecule has 0 saturated heterocycles. The molecule has 6 heteroatoms. The van der Waals surface area contributed by atoms with Gasteiger partial charge in [-0.05, 0) is 29.8 Å². The van der Waals surface area contributed by atoms with Crippen LogP contribution in [0.25, 0.3) is 0 Å². The summed E-state index contributed by atoms with van der Waals surface area (Å²) >= 11 is 9.53. The van der Waals surface area contributed by atoms with Crippen LogP contribution >= 0.6 is 27.5 Å². The molecule has 24 heavy (non-hydrogen) atoms. The molecule has 0 aliphatic carbocycles. The van der Waals surface area contributed by atoms with Crippen LogP contribution < -0.4 is 5.32 Å². The van der Waals surface area contributed by atoms with Crippen LogP contribution in [-0.4, -0.2) is 16.2 Å². The molecule has 1 heterocycles. The van der Waals surface area contributed by atoms with E-state index < -0.39 is 17.5 Å². The number of rotatable bonds is 2. The Morgan fingerprint density at radius 3 is 2.62 bits per heavy atom. The van der Waals surface area contributed by atoms with Crippen molar-refractivity contribution in [2.24, 2.45) is 5.41 Å². The lowest BCUT2D eigenvalue weighted by Gasteiger charge is -2.45. The normalized spacial score (nSPS) is 21.7. The van der Waals surface area contributed by atoms with Crippen molar-refractivity contribution >= 4 is 39.2 Å². The van der Waals surface area contributed by atoms with E-state index in [4.69, 9.17) is 11.6 Å². The van der Waals surface area contributed by atoms with Gasteiger partial charge in [0.1, 0.15) is 0 Å². The van der Waals surface area contributed by atoms with Crippen molar-refractivity contribution in [1.82, 2.24) is 0 Å². The van der Waals surface area contributed by atoms with E-state index in [2.05, 4.69) is 21.2 Å². The van der Waals surface area contributed by atoms with E-state index in [0.29, 0.717) is 11.3 Å². The van der Waals surface area contributed by atoms with Crippen molar-refractivity contribution in [3.05, 3.63) is 62.6 Å². The molecule has 2 aromatic carbocycles. The van der Waals surface area contributed by atoms with Crippen molar-refractivity contribution in [2.45, 2.75) is 26.0 Å². The van der Waals surface area contributed by atoms with Gasteiger partial charge in [-0.25, -0.2) is 4.79 Å². The summed E-state index contributed by atoms with van der Waals surface area (Å²) in [7, 11) is 0. The molecule has 1 aliphatic heterocycles. The first-order chi connectivity index (χ1) is 11.2. The second kappa shape index (κ2) is 6.06. The fraction of sp³-hybridized carbons (Fsp3) is 0.278. The Morgan fingerprint density at radius 2 is 2.00 bits per heavy atom. The summed E-state index contributed by atoms with van der Waals surface area (Å²) in [5, 5.41) is 24.0. The minimum absolute atomic E-state index is 0.0464. The van der Waals surface area contributed by atoms with Crippen molar-refractivity contribution in [3.63, 3.8) is 0 Å². The van der Waals surface area contributed by atoms with E-state index in [-0.39, 0.29) is 16.6 Å². The third kappa shape index (κ3) is 2.70. The molecule has 0 amide bonds. The third-order valence-corrected chi connectivity index (χ3v) is 5.42. The molecule has 0 radical (unpaired) electrons. The van der Waals surface area contributed by atoms with Crippen LogP contribution in [0.4, 0.5) is 5.69 Å². The standard InChI is InChI=1S/C18H17BrClNO3/c1-18(2)15(9-4-3-5-10(19)8-9)21-12-7-6-11(20)13(17(23)24)14(12)16(18)22/h3-8,15-16,21-22H,1-2H3,(H,23,24). The summed E-state index contributed by atoms with van der Waals surface area (Å²) in [5.74, 6) is -1.14. The van der Waals surface area contributed by atoms with Crippen LogP contribution in [-0.2, 0) is 0 Å². The molecule has 2 atom stereocenters. The number of carboxylic acids is 1. The summed E-state index contributed by atoms with van der Waals surface area (Å²) in [6.45, 7) is 3.82. The highest BCUT2D eigenvalue weighted by molar-refractivity contribution is 9.10. The molecule has 4 nitrogen and oxygen atoms in total.